The summed E-state index contributed by atoms with van der Waals surface area (Å²) in [5.41, 5.74) is 1.03. The maximum absolute atomic E-state index is 4.44. The van der Waals surface area contributed by atoms with Crippen LogP contribution in [0.25, 0.3) is 11.4 Å². The predicted octanol–water partition coefficient (Wildman–Crippen LogP) is 3.79. The average Bonchev–Trinajstić information content (AvgIpc) is 2.65. The first-order valence-electron chi connectivity index (χ1n) is 5.01. The molecule has 0 aliphatic heterocycles. The Bertz CT molecular complexity index is 482. The van der Waals surface area contributed by atoms with Crippen molar-refractivity contribution >= 4 is 32.6 Å². The molecule has 0 aliphatic rings. The van der Waals surface area contributed by atoms with Crippen molar-refractivity contribution in [2.75, 3.05) is 5.32 Å². The van der Waals surface area contributed by atoms with E-state index < -0.39 is 0 Å². The van der Waals surface area contributed by atoms with Gasteiger partial charge >= 0.3 is 0 Å². The Balaban J connectivity index is 2.24. The zero-order valence-electron chi connectivity index (χ0n) is 9.07. The van der Waals surface area contributed by atoms with Crippen molar-refractivity contribution in [1.82, 2.24) is 9.36 Å². The van der Waals surface area contributed by atoms with Gasteiger partial charge in [0.15, 0.2) is 5.82 Å². The number of anilines is 1. The van der Waals surface area contributed by atoms with E-state index in [9.17, 15) is 0 Å². The molecule has 3 nitrogen and oxygen atoms in total. The standard InChI is InChI=1S/C11H12BrN3S/c1-7(2)13-11-14-10(15-16-11)8-4-3-5-9(12)6-8/h3-7H,1-2H3,(H,13,14,15). The van der Waals surface area contributed by atoms with E-state index in [2.05, 4.69) is 44.5 Å². The topological polar surface area (TPSA) is 37.8 Å². The molecule has 0 unspecified atom stereocenters. The highest BCUT2D eigenvalue weighted by Gasteiger charge is 2.07. The van der Waals surface area contributed by atoms with E-state index in [4.69, 9.17) is 0 Å². The molecular formula is C11H12BrN3S. The normalized spacial score (nSPS) is 10.8. The summed E-state index contributed by atoms with van der Waals surface area (Å²) in [5.74, 6) is 0.773. The number of benzene rings is 1. The van der Waals surface area contributed by atoms with Gasteiger partial charge in [0.1, 0.15) is 0 Å². The van der Waals surface area contributed by atoms with Crippen molar-refractivity contribution < 1.29 is 0 Å². The second kappa shape index (κ2) is 4.93. The van der Waals surface area contributed by atoms with Gasteiger partial charge in [-0.15, -0.1) is 0 Å². The van der Waals surface area contributed by atoms with E-state index in [1.807, 2.05) is 24.3 Å². The van der Waals surface area contributed by atoms with Gasteiger partial charge in [-0.1, -0.05) is 28.1 Å². The Morgan fingerprint density at radius 2 is 2.19 bits per heavy atom. The van der Waals surface area contributed by atoms with Crippen LogP contribution in [0.15, 0.2) is 28.7 Å². The largest absolute Gasteiger partial charge is 0.358 e. The molecule has 0 amide bonds. The highest BCUT2D eigenvalue weighted by molar-refractivity contribution is 9.10. The van der Waals surface area contributed by atoms with Crippen molar-refractivity contribution in [3.63, 3.8) is 0 Å². The van der Waals surface area contributed by atoms with Crippen molar-refractivity contribution in [2.45, 2.75) is 19.9 Å². The Hall–Kier alpha value is -0.940. The molecule has 0 atom stereocenters. The van der Waals surface area contributed by atoms with Gasteiger partial charge in [-0.2, -0.15) is 9.36 Å². The zero-order valence-corrected chi connectivity index (χ0v) is 11.5. The first-order chi connectivity index (χ1) is 7.65. The second-order valence-electron chi connectivity index (χ2n) is 3.73. The fourth-order valence-electron chi connectivity index (χ4n) is 1.27. The molecule has 0 spiro atoms. The molecule has 0 fully saturated rings. The molecule has 0 saturated carbocycles. The molecule has 0 radical (unpaired) electrons. The minimum Gasteiger partial charge on any atom is -0.358 e. The van der Waals surface area contributed by atoms with Gasteiger partial charge in [0.05, 0.1) is 0 Å². The van der Waals surface area contributed by atoms with Crippen LogP contribution in [0.4, 0.5) is 5.13 Å². The fraction of sp³-hybridized carbons (Fsp3) is 0.273. The number of rotatable bonds is 3. The van der Waals surface area contributed by atoms with Crippen LogP contribution < -0.4 is 5.32 Å². The summed E-state index contributed by atoms with van der Waals surface area (Å²) in [5, 5.41) is 4.11. The first-order valence-corrected chi connectivity index (χ1v) is 6.58. The molecule has 0 saturated heterocycles. The molecule has 1 aromatic heterocycles. The van der Waals surface area contributed by atoms with Gasteiger partial charge in [0, 0.05) is 27.6 Å². The molecule has 0 aliphatic carbocycles. The summed E-state index contributed by atoms with van der Waals surface area (Å²) in [6.07, 6.45) is 0. The summed E-state index contributed by atoms with van der Waals surface area (Å²) >= 11 is 4.83. The molecule has 2 aromatic rings. The lowest BCUT2D eigenvalue weighted by atomic mass is 10.2. The number of halogens is 1. The van der Waals surface area contributed by atoms with Crippen LogP contribution in [-0.4, -0.2) is 15.4 Å². The SMILES string of the molecule is CC(C)Nc1nc(-c2cccc(Br)c2)ns1. The van der Waals surface area contributed by atoms with Crippen molar-refractivity contribution in [2.24, 2.45) is 0 Å². The summed E-state index contributed by atoms with van der Waals surface area (Å²) < 4.78 is 5.37. The Morgan fingerprint density at radius 1 is 1.38 bits per heavy atom. The molecule has 0 bridgehead atoms. The number of nitrogens with zero attached hydrogens (tertiary/aromatic N) is 2. The molecule has 5 heteroatoms. The van der Waals surface area contributed by atoms with Gasteiger partial charge in [-0.05, 0) is 26.0 Å². The van der Waals surface area contributed by atoms with Crippen LogP contribution in [0.3, 0.4) is 0 Å². The molecule has 1 aromatic carbocycles. The highest BCUT2D eigenvalue weighted by Crippen LogP contribution is 2.23. The monoisotopic (exact) mass is 297 g/mol. The maximum Gasteiger partial charge on any atom is 0.203 e. The Labute approximate surface area is 107 Å². The van der Waals surface area contributed by atoms with E-state index in [0.717, 1.165) is 21.0 Å². The zero-order chi connectivity index (χ0) is 11.5. The van der Waals surface area contributed by atoms with Crippen LogP contribution in [-0.2, 0) is 0 Å². The van der Waals surface area contributed by atoms with Crippen LogP contribution in [0.1, 0.15) is 13.8 Å². The van der Waals surface area contributed by atoms with Gasteiger partial charge in [-0.3, -0.25) is 0 Å². The number of hydrogen-bond acceptors (Lipinski definition) is 4. The third-order valence-electron chi connectivity index (χ3n) is 1.92. The van der Waals surface area contributed by atoms with Gasteiger partial charge in [-0.25, -0.2) is 0 Å². The summed E-state index contributed by atoms with van der Waals surface area (Å²) in [7, 11) is 0. The summed E-state index contributed by atoms with van der Waals surface area (Å²) in [6, 6.07) is 8.37. The third kappa shape index (κ3) is 2.80. The van der Waals surface area contributed by atoms with Crippen molar-refractivity contribution in [1.29, 1.82) is 0 Å². The van der Waals surface area contributed by atoms with Gasteiger partial charge in [0.2, 0.25) is 5.13 Å². The molecule has 84 valence electrons. The van der Waals surface area contributed by atoms with Crippen LogP contribution in [0.5, 0.6) is 0 Å². The van der Waals surface area contributed by atoms with E-state index in [0.29, 0.717) is 6.04 Å². The molecule has 16 heavy (non-hydrogen) atoms. The molecule has 1 N–H and O–H groups in total. The maximum atomic E-state index is 4.44. The summed E-state index contributed by atoms with van der Waals surface area (Å²) in [4.78, 5) is 4.44. The lowest BCUT2D eigenvalue weighted by Crippen LogP contribution is -2.08. The average molecular weight is 298 g/mol. The number of hydrogen-bond donors (Lipinski definition) is 1. The first kappa shape index (κ1) is 11.5. The smallest absolute Gasteiger partial charge is 0.203 e. The minimum atomic E-state index is 0.378. The van der Waals surface area contributed by atoms with E-state index in [1.54, 1.807) is 0 Å². The van der Waals surface area contributed by atoms with Crippen molar-refractivity contribution in [3.05, 3.63) is 28.7 Å². The third-order valence-corrected chi connectivity index (χ3v) is 3.06. The van der Waals surface area contributed by atoms with Crippen molar-refractivity contribution in [3.8, 4) is 11.4 Å². The Kier molecular flexibility index (Phi) is 3.56. The lowest BCUT2D eigenvalue weighted by molar-refractivity contribution is 0.896. The Morgan fingerprint density at radius 3 is 2.88 bits per heavy atom. The van der Waals surface area contributed by atoms with Crippen LogP contribution in [0, 0.1) is 0 Å². The van der Waals surface area contributed by atoms with Gasteiger partial charge < -0.3 is 5.32 Å². The second-order valence-corrected chi connectivity index (χ2v) is 5.40. The van der Waals surface area contributed by atoms with E-state index in [1.165, 1.54) is 11.5 Å². The van der Waals surface area contributed by atoms with Crippen LogP contribution in [0.2, 0.25) is 0 Å². The minimum absolute atomic E-state index is 0.378. The highest BCUT2D eigenvalue weighted by atomic mass is 79.9. The quantitative estimate of drug-likeness (QED) is 0.937. The molecule has 1 heterocycles. The predicted molar refractivity (Wildman–Crippen MR) is 71.8 cm³/mol. The molecule has 2 rings (SSSR count). The van der Waals surface area contributed by atoms with Gasteiger partial charge in [0.25, 0.3) is 0 Å². The number of nitrogens with one attached hydrogen (secondary N) is 1. The fourth-order valence-corrected chi connectivity index (χ4v) is 2.41. The van der Waals surface area contributed by atoms with Crippen LogP contribution >= 0.6 is 27.5 Å². The lowest BCUT2D eigenvalue weighted by Gasteiger charge is -2.03. The van der Waals surface area contributed by atoms with E-state index in [-0.39, 0.29) is 0 Å². The van der Waals surface area contributed by atoms with E-state index >= 15 is 0 Å². The molecular weight excluding hydrogens is 286 g/mol. The number of aromatic nitrogens is 2. The summed E-state index contributed by atoms with van der Waals surface area (Å²) in [6.45, 7) is 4.17.